The molecule has 6 nitrogen and oxygen atoms in total. The van der Waals surface area contributed by atoms with Crippen molar-refractivity contribution in [3.05, 3.63) is 64.7 Å². The highest BCUT2D eigenvalue weighted by Gasteiger charge is 2.20. The molecule has 1 atom stereocenters. The largest absolute Gasteiger partial charge is 0.465 e. The molecule has 0 fully saturated rings. The van der Waals surface area contributed by atoms with Crippen molar-refractivity contribution in [2.24, 2.45) is 0 Å². The molecule has 2 aromatic heterocycles. The van der Waals surface area contributed by atoms with Crippen molar-refractivity contribution < 1.29 is 13.7 Å². The van der Waals surface area contributed by atoms with E-state index in [-0.39, 0.29) is 17.6 Å². The summed E-state index contributed by atoms with van der Waals surface area (Å²) in [5.41, 5.74) is 1.03. The molecule has 3 rings (SSSR count). The smallest absolute Gasteiger partial charge is 0.273 e. The van der Waals surface area contributed by atoms with E-state index in [0.717, 1.165) is 17.1 Å². The van der Waals surface area contributed by atoms with E-state index >= 15 is 0 Å². The highest BCUT2D eigenvalue weighted by molar-refractivity contribution is 6.30. The number of aromatic nitrogens is 1. The van der Waals surface area contributed by atoms with Gasteiger partial charge in [0.2, 0.25) is 0 Å². The topological polar surface area (TPSA) is 71.5 Å². The zero-order chi connectivity index (χ0) is 18.7. The number of aryl methyl sites for hydroxylation is 1. The van der Waals surface area contributed by atoms with Crippen LogP contribution >= 0.6 is 11.6 Å². The first-order valence-electron chi connectivity index (χ1n) is 8.17. The van der Waals surface area contributed by atoms with Crippen molar-refractivity contribution in [3.63, 3.8) is 0 Å². The molecule has 0 aliphatic rings. The molecular formula is C19H20ClN3O3. The molecule has 0 aliphatic heterocycles. The van der Waals surface area contributed by atoms with Crippen molar-refractivity contribution in [2.75, 3.05) is 20.6 Å². The summed E-state index contributed by atoms with van der Waals surface area (Å²) in [5, 5.41) is 7.37. The predicted octanol–water partition coefficient (Wildman–Crippen LogP) is 3.93. The van der Waals surface area contributed by atoms with E-state index in [1.165, 1.54) is 0 Å². The van der Waals surface area contributed by atoms with Crippen LogP contribution in [0.2, 0.25) is 5.02 Å². The fraction of sp³-hybridized carbons (Fsp3) is 0.263. The van der Waals surface area contributed by atoms with Crippen molar-refractivity contribution in [3.8, 4) is 11.3 Å². The Hall–Kier alpha value is -2.57. The number of carbonyl (C=O) groups is 1. The predicted molar refractivity (Wildman–Crippen MR) is 99.2 cm³/mol. The summed E-state index contributed by atoms with van der Waals surface area (Å²) in [7, 11) is 3.87. The van der Waals surface area contributed by atoms with Crippen LogP contribution in [0, 0.1) is 6.92 Å². The third kappa shape index (κ3) is 4.15. The maximum Gasteiger partial charge on any atom is 0.273 e. The van der Waals surface area contributed by atoms with Crippen LogP contribution in [0.25, 0.3) is 11.3 Å². The average Bonchev–Trinajstić information content (AvgIpc) is 3.25. The van der Waals surface area contributed by atoms with Crippen molar-refractivity contribution >= 4 is 17.5 Å². The maximum absolute atomic E-state index is 12.4. The Kier molecular flexibility index (Phi) is 5.44. The van der Waals surface area contributed by atoms with Crippen molar-refractivity contribution in [1.82, 2.24) is 15.4 Å². The molecule has 0 saturated heterocycles. The fourth-order valence-corrected chi connectivity index (χ4v) is 2.71. The Labute approximate surface area is 156 Å². The van der Waals surface area contributed by atoms with E-state index in [2.05, 4.69) is 10.5 Å². The number of nitrogens with one attached hydrogen (secondary N) is 1. The van der Waals surface area contributed by atoms with E-state index in [4.69, 9.17) is 20.5 Å². The van der Waals surface area contributed by atoms with Crippen LogP contribution in [-0.2, 0) is 0 Å². The van der Waals surface area contributed by atoms with Gasteiger partial charge in [0.15, 0.2) is 11.5 Å². The van der Waals surface area contributed by atoms with Gasteiger partial charge in [-0.2, -0.15) is 0 Å². The Morgan fingerprint density at radius 1 is 1.23 bits per heavy atom. The summed E-state index contributed by atoms with van der Waals surface area (Å²) < 4.78 is 10.9. The van der Waals surface area contributed by atoms with E-state index in [0.29, 0.717) is 17.3 Å². The van der Waals surface area contributed by atoms with Crippen LogP contribution in [-0.4, -0.2) is 36.6 Å². The first-order chi connectivity index (χ1) is 12.4. The molecular weight excluding hydrogens is 354 g/mol. The third-order valence-corrected chi connectivity index (χ3v) is 4.29. The minimum absolute atomic E-state index is 0.0738. The lowest BCUT2D eigenvalue weighted by molar-refractivity contribution is 0.0930. The van der Waals surface area contributed by atoms with Crippen molar-refractivity contribution in [2.45, 2.75) is 13.0 Å². The Morgan fingerprint density at radius 2 is 1.96 bits per heavy atom. The van der Waals surface area contributed by atoms with Gasteiger partial charge in [-0.25, -0.2) is 0 Å². The SMILES string of the molecule is Cc1ccc(C(CNC(=O)c2cc(-c3ccc(Cl)cc3)on2)N(C)C)o1. The number of hydrogen-bond donors (Lipinski definition) is 1. The molecule has 26 heavy (non-hydrogen) atoms. The van der Waals surface area contributed by atoms with Gasteiger partial charge < -0.3 is 14.3 Å². The van der Waals surface area contributed by atoms with Gasteiger partial charge >= 0.3 is 0 Å². The van der Waals surface area contributed by atoms with E-state index in [1.807, 2.05) is 50.2 Å². The summed E-state index contributed by atoms with van der Waals surface area (Å²) >= 11 is 5.88. The number of hydrogen-bond acceptors (Lipinski definition) is 5. The second-order valence-corrected chi connectivity index (χ2v) is 6.66. The first-order valence-corrected chi connectivity index (χ1v) is 8.55. The number of likely N-dealkylation sites (N-methyl/N-ethyl adjacent to an activating group) is 1. The molecule has 2 heterocycles. The van der Waals surface area contributed by atoms with Gasteiger partial charge in [-0.15, -0.1) is 0 Å². The van der Waals surface area contributed by atoms with Gasteiger partial charge in [0, 0.05) is 23.2 Å². The molecule has 1 unspecified atom stereocenters. The molecule has 7 heteroatoms. The van der Waals surface area contributed by atoms with Gasteiger partial charge in [0.25, 0.3) is 5.91 Å². The molecule has 3 aromatic rings. The molecule has 0 aliphatic carbocycles. The van der Waals surface area contributed by atoms with Crippen LogP contribution in [0.3, 0.4) is 0 Å². The molecule has 0 spiro atoms. The van der Waals surface area contributed by atoms with E-state index < -0.39 is 0 Å². The van der Waals surface area contributed by atoms with Crippen molar-refractivity contribution in [1.29, 1.82) is 0 Å². The second kappa shape index (κ2) is 7.76. The number of amides is 1. The molecule has 1 amide bonds. The van der Waals surface area contributed by atoms with Gasteiger partial charge in [0.05, 0.1) is 6.04 Å². The number of carbonyl (C=O) groups excluding carboxylic acids is 1. The van der Waals surface area contributed by atoms with Gasteiger partial charge in [-0.3, -0.25) is 9.69 Å². The lowest BCUT2D eigenvalue weighted by Gasteiger charge is -2.22. The van der Waals surface area contributed by atoms with Crippen LogP contribution < -0.4 is 5.32 Å². The van der Waals surface area contributed by atoms with Gasteiger partial charge in [-0.05, 0) is 57.4 Å². The fourth-order valence-electron chi connectivity index (χ4n) is 2.58. The lowest BCUT2D eigenvalue weighted by Crippen LogP contribution is -2.34. The maximum atomic E-state index is 12.4. The number of halogens is 1. The molecule has 136 valence electrons. The van der Waals surface area contributed by atoms with Crippen LogP contribution in [0.5, 0.6) is 0 Å². The summed E-state index contributed by atoms with van der Waals surface area (Å²) in [4.78, 5) is 14.4. The number of nitrogens with zero attached hydrogens (tertiary/aromatic N) is 2. The Bertz CT molecular complexity index is 884. The molecule has 1 N–H and O–H groups in total. The summed E-state index contributed by atoms with van der Waals surface area (Å²) in [6.45, 7) is 2.28. The van der Waals surface area contributed by atoms with Gasteiger partial charge in [0.1, 0.15) is 11.5 Å². The highest BCUT2D eigenvalue weighted by atomic mass is 35.5. The first kappa shape index (κ1) is 18.2. The van der Waals surface area contributed by atoms with Crippen LogP contribution in [0.1, 0.15) is 28.1 Å². The van der Waals surface area contributed by atoms with Crippen LogP contribution in [0.4, 0.5) is 0 Å². The lowest BCUT2D eigenvalue weighted by atomic mass is 10.1. The summed E-state index contributed by atoms with van der Waals surface area (Å²) in [5.74, 6) is 1.85. The average molecular weight is 374 g/mol. The zero-order valence-corrected chi connectivity index (χ0v) is 15.6. The standard InChI is InChI=1S/C19H20ClN3O3/c1-12-4-9-17(25-12)16(23(2)3)11-21-19(24)15-10-18(26-22-15)13-5-7-14(20)8-6-13/h4-10,16H,11H2,1-3H3,(H,21,24). The minimum Gasteiger partial charge on any atom is -0.465 e. The number of furan rings is 1. The quantitative estimate of drug-likeness (QED) is 0.708. The zero-order valence-electron chi connectivity index (χ0n) is 14.8. The van der Waals surface area contributed by atoms with E-state index in [9.17, 15) is 4.79 Å². The molecule has 0 radical (unpaired) electrons. The minimum atomic E-state index is -0.302. The molecule has 0 bridgehead atoms. The highest BCUT2D eigenvalue weighted by Crippen LogP contribution is 2.23. The summed E-state index contributed by atoms with van der Waals surface area (Å²) in [6, 6.07) is 12.5. The van der Waals surface area contributed by atoms with Crippen LogP contribution in [0.15, 0.2) is 51.4 Å². The molecule has 1 aromatic carbocycles. The Morgan fingerprint density at radius 3 is 2.58 bits per heavy atom. The third-order valence-electron chi connectivity index (χ3n) is 4.04. The number of rotatable bonds is 6. The normalized spacial score (nSPS) is 12.3. The second-order valence-electron chi connectivity index (χ2n) is 6.22. The number of benzene rings is 1. The molecule has 0 saturated carbocycles. The monoisotopic (exact) mass is 373 g/mol. The Balaban J connectivity index is 1.67. The summed E-state index contributed by atoms with van der Waals surface area (Å²) in [6.07, 6.45) is 0. The van der Waals surface area contributed by atoms with E-state index in [1.54, 1.807) is 18.2 Å². The van der Waals surface area contributed by atoms with Gasteiger partial charge in [-0.1, -0.05) is 16.8 Å².